The first-order valence-electron chi connectivity index (χ1n) is 3.99. The van der Waals surface area contributed by atoms with Crippen LogP contribution in [0.2, 0.25) is 0 Å². The Balaban J connectivity index is 2.21. The molecule has 0 spiro atoms. The van der Waals surface area contributed by atoms with Gasteiger partial charge in [-0.25, -0.2) is 8.42 Å². The van der Waals surface area contributed by atoms with E-state index in [-0.39, 0.29) is 23.3 Å². The number of anilines is 1. The zero-order chi connectivity index (χ0) is 9.47. The molecule has 0 aliphatic carbocycles. The molecule has 1 aromatic rings. The van der Waals surface area contributed by atoms with Crippen LogP contribution in [-0.4, -0.2) is 25.1 Å². The predicted molar refractivity (Wildman–Crippen MR) is 46.9 cm³/mol. The molecule has 1 aliphatic rings. The number of rotatable bonds is 1. The van der Waals surface area contributed by atoms with Gasteiger partial charge in [-0.15, -0.1) is 0 Å². The maximum absolute atomic E-state index is 11.1. The third-order valence-electron chi connectivity index (χ3n) is 2.20. The van der Waals surface area contributed by atoms with Crippen LogP contribution in [0.25, 0.3) is 0 Å². The van der Waals surface area contributed by atoms with Gasteiger partial charge in [-0.3, -0.25) is 0 Å². The summed E-state index contributed by atoms with van der Waals surface area (Å²) in [5, 5.41) is 3.70. The van der Waals surface area contributed by atoms with Gasteiger partial charge >= 0.3 is 0 Å². The first-order valence-corrected chi connectivity index (χ1v) is 5.81. The highest BCUT2D eigenvalue weighted by Gasteiger charge is 2.30. The quantitative estimate of drug-likeness (QED) is 0.701. The van der Waals surface area contributed by atoms with Crippen molar-refractivity contribution in [3.8, 4) is 0 Å². The van der Waals surface area contributed by atoms with E-state index in [1.807, 2.05) is 0 Å². The molecule has 1 unspecified atom stereocenters. The lowest BCUT2D eigenvalue weighted by Crippen LogP contribution is -2.03. The van der Waals surface area contributed by atoms with E-state index in [0.717, 1.165) is 0 Å². The van der Waals surface area contributed by atoms with Crippen molar-refractivity contribution >= 4 is 15.7 Å². The van der Waals surface area contributed by atoms with Crippen molar-refractivity contribution in [3.63, 3.8) is 0 Å². The number of nitrogens with zero attached hydrogens (tertiary/aromatic N) is 1. The fourth-order valence-corrected chi connectivity index (χ4v) is 3.29. The van der Waals surface area contributed by atoms with Crippen LogP contribution in [0.3, 0.4) is 0 Å². The average Bonchev–Trinajstić information content (AvgIpc) is 2.56. The summed E-state index contributed by atoms with van der Waals surface area (Å²) in [5.74, 6) is 0.606. The minimum absolute atomic E-state index is 0.0361. The Morgan fingerprint density at radius 1 is 1.62 bits per heavy atom. The number of hydrogen-bond acceptors (Lipinski definition) is 5. The highest BCUT2D eigenvalue weighted by atomic mass is 32.2. The molecule has 2 heterocycles. The van der Waals surface area contributed by atoms with Gasteiger partial charge in [0.25, 0.3) is 0 Å². The van der Waals surface area contributed by atoms with Crippen LogP contribution >= 0.6 is 0 Å². The normalized spacial score (nSPS) is 26.3. The molecule has 13 heavy (non-hydrogen) atoms. The molecule has 0 aromatic carbocycles. The highest BCUT2D eigenvalue weighted by molar-refractivity contribution is 7.91. The van der Waals surface area contributed by atoms with E-state index in [0.29, 0.717) is 12.1 Å². The molecular weight excluding hydrogens is 192 g/mol. The second-order valence-corrected chi connectivity index (χ2v) is 5.48. The van der Waals surface area contributed by atoms with E-state index < -0.39 is 9.84 Å². The van der Waals surface area contributed by atoms with Crippen LogP contribution in [0.1, 0.15) is 18.0 Å². The molecule has 72 valence electrons. The van der Waals surface area contributed by atoms with Crippen molar-refractivity contribution in [1.82, 2.24) is 5.16 Å². The Morgan fingerprint density at radius 2 is 2.38 bits per heavy atom. The lowest BCUT2D eigenvalue weighted by atomic mass is 10.1. The minimum Gasteiger partial charge on any atom is -0.368 e. The molecule has 2 rings (SSSR count). The van der Waals surface area contributed by atoms with Gasteiger partial charge in [0.05, 0.1) is 17.2 Å². The smallest absolute Gasteiger partial charge is 0.222 e. The van der Waals surface area contributed by atoms with Crippen LogP contribution in [0, 0.1) is 0 Å². The van der Waals surface area contributed by atoms with Gasteiger partial charge in [0.2, 0.25) is 5.88 Å². The molecule has 0 bridgehead atoms. The molecular formula is C7H10N2O3S. The fraction of sp³-hybridized carbons (Fsp3) is 0.571. The SMILES string of the molecule is Nc1cc(C2CCS(=O)(=O)C2)no1. The van der Waals surface area contributed by atoms with Gasteiger partial charge in [0.15, 0.2) is 9.84 Å². The molecule has 2 N–H and O–H groups in total. The van der Waals surface area contributed by atoms with E-state index in [1.54, 1.807) is 6.07 Å². The molecule has 1 fully saturated rings. The van der Waals surface area contributed by atoms with Crippen LogP contribution < -0.4 is 5.73 Å². The van der Waals surface area contributed by atoms with Crippen LogP contribution in [-0.2, 0) is 9.84 Å². The zero-order valence-electron chi connectivity index (χ0n) is 6.93. The second-order valence-electron chi connectivity index (χ2n) is 3.25. The summed E-state index contributed by atoms with van der Waals surface area (Å²) < 4.78 is 26.9. The van der Waals surface area contributed by atoms with Gasteiger partial charge in [0, 0.05) is 12.0 Å². The molecule has 1 atom stereocenters. The molecule has 6 heteroatoms. The largest absolute Gasteiger partial charge is 0.368 e. The number of nitrogens with two attached hydrogens (primary N) is 1. The lowest BCUT2D eigenvalue weighted by Gasteiger charge is -1.99. The number of aromatic nitrogens is 1. The summed E-state index contributed by atoms with van der Waals surface area (Å²) in [4.78, 5) is 0. The Hall–Kier alpha value is -1.04. The minimum atomic E-state index is -2.86. The summed E-state index contributed by atoms with van der Waals surface area (Å²) in [6, 6.07) is 1.59. The van der Waals surface area contributed by atoms with Crippen molar-refractivity contribution in [2.24, 2.45) is 0 Å². The van der Waals surface area contributed by atoms with E-state index in [2.05, 4.69) is 9.68 Å². The third kappa shape index (κ3) is 1.67. The van der Waals surface area contributed by atoms with E-state index in [1.165, 1.54) is 0 Å². The molecule has 0 saturated carbocycles. The Bertz CT molecular complexity index is 409. The topological polar surface area (TPSA) is 86.2 Å². The van der Waals surface area contributed by atoms with Crippen LogP contribution in [0.15, 0.2) is 10.6 Å². The number of nitrogen functional groups attached to an aromatic ring is 1. The lowest BCUT2D eigenvalue weighted by molar-refractivity contribution is 0.422. The maximum Gasteiger partial charge on any atom is 0.222 e. The zero-order valence-corrected chi connectivity index (χ0v) is 7.75. The summed E-state index contributed by atoms with van der Waals surface area (Å²) in [6.45, 7) is 0. The first kappa shape index (κ1) is 8.55. The summed E-state index contributed by atoms with van der Waals surface area (Å²) in [7, 11) is -2.86. The highest BCUT2D eigenvalue weighted by Crippen LogP contribution is 2.28. The Labute approximate surface area is 75.8 Å². The summed E-state index contributed by atoms with van der Waals surface area (Å²) in [5.41, 5.74) is 5.99. The molecule has 1 saturated heterocycles. The van der Waals surface area contributed by atoms with Gasteiger partial charge in [-0.1, -0.05) is 5.16 Å². The van der Waals surface area contributed by atoms with Crippen molar-refractivity contribution < 1.29 is 12.9 Å². The molecule has 5 nitrogen and oxygen atoms in total. The first-order chi connectivity index (χ1) is 6.07. The van der Waals surface area contributed by atoms with Gasteiger partial charge in [-0.2, -0.15) is 0 Å². The standard InChI is InChI=1S/C7H10N2O3S/c8-7-3-6(9-12-7)5-1-2-13(10,11)4-5/h3,5H,1-2,4,8H2. The summed E-state index contributed by atoms with van der Waals surface area (Å²) >= 11 is 0. The summed E-state index contributed by atoms with van der Waals surface area (Å²) in [6.07, 6.45) is 0.619. The molecule has 1 aliphatic heterocycles. The molecule has 0 amide bonds. The average molecular weight is 202 g/mol. The monoisotopic (exact) mass is 202 g/mol. The van der Waals surface area contributed by atoms with Crippen molar-refractivity contribution in [2.45, 2.75) is 12.3 Å². The third-order valence-corrected chi connectivity index (χ3v) is 3.97. The van der Waals surface area contributed by atoms with Gasteiger partial charge < -0.3 is 10.3 Å². The molecule has 0 radical (unpaired) electrons. The maximum atomic E-state index is 11.1. The number of sulfone groups is 1. The van der Waals surface area contributed by atoms with Crippen molar-refractivity contribution in [2.75, 3.05) is 17.2 Å². The van der Waals surface area contributed by atoms with E-state index in [4.69, 9.17) is 5.73 Å². The van der Waals surface area contributed by atoms with Crippen molar-refractivity contribution in [1.29, 1.82) is 0 Å². The molecule has 1 aromatic heterocycles. The Kier molecular flexibility index (Phi) is 1.80. The van der Waals surface area contributed by atoms with E-state index >= 15 is 0 Å². The van der Waals surface area contributed by atoms with Crippen LogP contribution in [0.4, 0.5) is 5.88 Å². The van der Waals surface area contributed by atoms with Crippen molar-refractivity contribution in [3.05, 3.63) is 11.8 Å². The Morgan fingerprint density at radius 3 is 2.85 bits per heavy atom. The predicted octanol–water partition coefficient (Wildman–Crippen LogP) is 0.159. The second kappa shape index (κ2) is 2.73. The van der Waals surface area contributed by atoms with Gasteiger partial charge in [0.1, 0.15) is 0 Å². The number of hydrogen-bond donors (Lipinski definition) is 1. The fourth-order valence-electron chi connectivity index (χ4n) is 1.52. The van der Waals surface area contributed by atoms with Gasteiger partial charge in [-0.05, 0) is 6.42 Å². The van der Waals surface area contributed by atoms with Crippen LogP contribution in [0.5, 0.6) is 0 Å². The van der Waals surface area contributed by atoms with E-state index in [9.17, 15) is 8.42 Å².